The Kier molecular flexibility index (Phi) is 3.47. The summed E-state index contributed by atoms with van der Waals surface area (Å²) < 4.78 is 7.47. The number of hydrogen-bond donors (Lipinski definition) is 0. The van der Waals surface area contributed by atoms with E-state index in [0.29, 0.717) is 0 Å². The maximum Gasteiger partial charge on any atom is 0.122 e. The lowest BCUT2D eigenvalue weighted by Gasteiger charge is -2.10. The number of aromatic nitrogens is 2. The Bertz CT molecular complexity index is 503. The van der Waals surface area contributed by atoms with Gasteiger partial charge in [-0.3, -0.25) is 0 Å². The Labute approximate surface area is 102 Å². The summed E-state index contributed by atoms with van der Waals surface area (Å²) >= 11 is 0. The molecule has 0 aliphatic carbocycles. The van der Waals surface area contributed by atoms with Gasteiger partial charge in [0.25, 0.3) is 0 Å². The minimum atomic E-state index is 0.864. The molecule has 0 fully saturated rings. The van der Waals surface area contributed by atoms with Crippen LogP contribution in [0.25, 0.3) is 0 Å². The summed E-state index contributed by atoms with van der Waals surface area (Å²) in [6, 6.07) is 6.36. The molecule has 1 heterocycles. The highest BCUT2D eigenvalue weighted by atomic mass is 16.5. The molecule has 1 aromatic heterocycles. The zero-order valence-electron chi connectivity index (χ0n) is 10.6. The van der Waals surface area contributed by atoms with Gasteiger partial charge >= 0.3 is 0 Å². The Morgan fingerprint density at radius 1 is 1.35 bits per heavy atom. The summed E-state index contributed by atoms with van der Waals surface area (Å²) in [7, 11) is 1.72. The van der Waals surface area contributed by atoms with Crippen LogP contribution in [0.3, 0.4) is 0 Å². The van der Waals surface area contributed by atoms with Crippen molar-refractivity contribution >= 4 is 0 Å². The van der Waals surface area contributed by atoms with Gasteiger partial charge in [-0.25, -0.2) is 4.98 Å². The highest BCUT2D eigenvalue weighted by molar-refractivity contribution is 5.37. The second-order valence-electron chi connectivity index (χ2n) is 4.10. The van der Waals surface area contributed by atoms with E-state index in [-0.39, 0.29) is 0 Å². The molecule has 0 saturated carbocycles. The van der Waals surface area contributed by atoms with Gasteiger partial charge in [0.1, 0.15) is 11.6 Å². The van der Waals surface area contributed by atoms with Crippen molar-refractivity contribution in [3.8, 4) is 5.75 Å². The number of imidazole rings is 1. The number of rotatable bonds is 4. The summed E-state index contributed by atoms with van der Waals surface area (Å²) in [5.74, 6) is 2.01. The molecule has 0 aliphatic heterocycles. The fraction of sp³-hybridized carbons (Fsp3) is 0.357. The van der Waals surface area contributed by atoms with Gasteiger partial charge in [-0.2, -0.15) is 0 Å². The van der Waals surface area contributed by atoms with Crippen molar-refractivity contribution in [3.63, 3.8) is 0 Å². The Hall–Kier alpha value is -1.77. The molecule has 2 rings (SSSR count). The molecule has 0 aliphatic rings. The fourth-order valence-electron chi connectivity index (χ4n) is 1.97. The van der Waals surface area contributed by atoms with Gasteiger partial charge in [0.05, 0.1) is 7.11 Å². The largest absolute Gasteiger partial charge is 0.496 e. The number of nitrogens with zero attached hydrogens (tertiary/aromatic N) is 2. The van der Waals surface area contributed by atoms with Gasteiger partial charge in [-0.1, -0.05) is 19.1 Å². The standard InChI is InChI=1S/C14H18N2O/c1-4-13-9-12(5-6-14(13)17-3)10-16-8-7-15-11(16)2/h5-9H,4,10H2,1-3H3. The van der Waals surface area contributed by atoms with Gasteiger partial charge in [-0.15, -0.1) is 0 Å². The van der Waals surface area contributed by atoms with Crippen LogP contribution in [0.4, 0.5) is 0 Å². The van der Waals surface area contributed by atoms with Gasteiger partial charge in [-0.05, 0) is 30.5 Å². The van der Waals surface area contributed by atoms with Crippen LogP contribution in [0.5, 0.6) is 5.75 Å². The van der Waals surface area contributed by atoms with E-state index in [0.717, 1.165) is 24.5 Å². The normalized spacial score (nSPS) is 10.5. The molecule has 0 radical (unpaired) electrons. The van der Waals surface area contributed by atoms with E-state index < -0.39 is 0 Å². The van der Waals surface area contributed by atoms with E-state index >= 15 is 0 Å². The minimum absolute atomic E-state index is 0.864. The van der Waals surface area contributed by atoms with Gasteiger partial charge in [0.15, 0.2) is 0 Å². The number of ether oxygens (including phenoxy) is 1. The second kappa shape index (κ2) is 5.04. The average Bonchev–Trinajstić information content (AvgIpc) is 2.75. The van der Waals surface area contributed by atoms with Crippen LogP contribution >= 0.6 is 0 Å². The molecule has 17 heavy (non-hydrogen) atoms. The smallest absolute Gasteiger partial charge is 0.122 e. The Balaban J connectivity index is 2.25. The molecule has 3 nitrogen and oxygen atoms in total. The van der Waals surface area contributed by atoms with Crippen molar-refractivity contribution < 1.29 is 4.74 Å². The molecule has 0 spiro atoms. The average molecular weight is 230 g/mol. The first kappa shape index (κ1) is 11.7. The highest BCUT2D eigenvalue weighted by Crippen LogP contribution is 2.21. The second-order valence-corrected chi connectivity index (χ2v) is 4.10. The summed E-state index contributed by atoms with van der Waals surface area (Å²) in [4.78, 5) is 4.23. The van der Waals surface area contributed by atoms with Crippen LogP contribution < -0.4 is 4.74 Å². The number of hydrogen-bond acceptors (Lipinski definition) is 2. The zero-order valence-corrected chi connectivity index (χ0v) is 10.6. The first-order valence-corrected chi connectivity index (χ1v) is 5.88. The highest BCUT2D eigenvalue weighted by Gasteiger charge is 2.04. The zero-order chi connectivity index (χ0) is 12.3. The monoisotopic (exact) mass is 230 g/mol. The Morgan fingerprint density at radius 3 is 2.76 bits per heavy atom. The lowest BCUT2D eigenvalue weighted by molar-refractivity contribution is 0.410. The molecule has 0 saturated heterocycles. The number of methoxy groups -OCH3 is 1. The van der Waals surface area contributed by atoms with Crippen molar-refractivity contribution in [2.24, 2.45) is 0 Å². The third-order valence-corrected chi connectivity index (χ3v) is 3.00. The first-order chi connectivity index (χ1) is 8.24. The van der Waals surface area contributed by atoms with Crippen LogP contribution in [0.1, 0.15) is 23.9 Å². The molecule has 3 heteroatoms. The lowest BCUT2D eigenvalue weighted by atomic mass is 10.1. The molecule has 0 amide bonds. The summed E-state index contributed by atoms with van der Waals surface area (Å²) in [5.41, 5.74) is 2.53. The maximum atomic E-state index is 5.33. The molecule has 0 unspecified atom stereocenters. The van der Waals surface area contributed by atoms with E-state index in [1.54, 1.807) is 7.11 Å². The molecule has 0 atom stereocenters. The molecular formula is C14H18N2O. The number of benzene rings is 1. The van der Waals surface area contributed by atoms with E-state index in [1.807, 2.05) is 25.4 Å². The topological polar surface area (TPSA) is 27.1 Å². The predicted octanol–water partition coefficient (Wildman–Crippen LogP) is 2.81. The van der Waals surface area contributed by atoms with Crippen molar-refractivity contribution in [1.29, 1.82) is 0 Å². The van der Waals surface area contributed by atoms with Gasteiger partial charge < -0.3 is 9.30 Å². The Morgan fingerprint density at radius 2 is 2.18 bits per heavy atom. The molecule has 0 N–H and O–H groups in total. The van der Waals surface area contributed by atoms with Gasteiger partial charge in [0.2, 0.25) is 0 Å². The molecule has 90 valence electrons. The molecule has 0 bridgehead atoms. The SMILES string of the molecule is CCc1cc(Cn2ccnc2C)ccc1OC. The fourth-order valence-corrected chi connectivity index (χ4v) is 1.97. The molecular weight excluding hydrogens is 212 g/mol. The minimum Gasteiger partial charge on any atom is -0.496 e. The summed E-state index contributed by atoms with van der Waals surface area (Å²) in [5, 5.41) is 0. The first-order valence-electron chi connectivity index (χ1n) is 5.88. The van der Waals surface area contributed by atoms with Crippen molar-refractivity contribution in [2.75, 3.05) is 7.11 Å². The summed E-state index contributed by atoms with van der Waals surface area (Å²) in [6.07, 6.45) is 4.82. The third kappa shape index (κ3) is 2.49. The van der Waals surface area contributed by atoms with Crippen LogP contribution in [0.15, 0.2) is 30.6 Å². The predicted molar refractivity (Wildman–Crippen MR) is 68.4 cm³/mol. The van der Waals surface area contributed by atoms with E-state index in [1.165, 1.54) is 11.1 Å². The summed E-state index contributed by atoms with van der Waals surface area (Å²) in [6.45, 7) is 5.02. The molecule has 1 aromatic carbocycles. The van der Waals surface area contributed by atoms with Crippen molar-refractivity contribution in [1.82, 2.24) is 9.55 Å². The van der Waals surface area contributed by atoms with Crippen LogP contribution in [-0.2, 0) is 13.0 Å². The van der Waals surface area contributed by atoms with Crippen molar-refractivity contribution in [3.05, 3.63) is 47.5 Å². The van der Waals surface area contributed by atoms with E-state index in [4.69, 9.17) is 4.74 Å². The van der Waals surface area contributed by atoms with Crippen LogP contribution in [0, 0.1) is 6.92 Å². The van der Waals surface area contributed by atoms with Crippen molar-refractivity contribution in [2.45, 2.75) is 26.8 Å². The maximum absolute atomic E-state index is 5.33. The van der Waals surface area contributed by atoms with E-state index in [2.05, 4.69) is 28.6 Å². The number of aryl methyl sites for hydroxylation is 2. The van der Waals surface area contributed by atoms with E-state index in [9.17, 15) is 0 Å². The third-order valence-electron chi connectivity index (χ3n) is 3.00. The molecule has 2 aromatic rings. The quantitative estimate of drug-likeness (QED) is 0.807. The lowest BCUT2D eigenvalue weighted by Crippen LogP contribution is -2.02. The van der Waals surface area contributed by atoms with Crippen LogP contribution in [0.2, 0.25) is 0 Å². The van der Waals surface area contributed by atoms with Gasteiger partial charge in [0, 0.05) is 18.9 Å². The van der Waals surface area contributed by atoms with Crippen LogP contribution in [-0.4, -0.2) is 16.7 Å².